The molecule has 0 aliphatic rings. The van der Waals surface area contributed by atoms with E-state index in [1.54, 1.807) is 0 Å². The van der Waals surface area contributed by atoms with E-state index in [4.69, 9.17) is 0 Å². The summed E-state index contributed by atoms with van der Waals surface area (Å²) in [5.74, 6) is -0.459. The van der Waals surface area contributed by atoms with E-state index in [0.717, 1.165) is 21.7 Å². The van der Waals surface area contributed by atoms with Gasteiger partial charge in [0.2, 0.25) is 16.9 Å². The molecule has 2 amide bonds. The van der Waals surface area contributed by atoms with E-state index in [1.807, 2.05) is 82.3 Å². The lowest BCUT2D eigenvalue weighted by Gasteiger charge is -2.22. The zero-order valence-corrected chi connectivity index (χ0v) is 19.1. The average molecular weight is 437 g/mol. The Kier molecular flexibility index (Phi) is 7.17. The third-order valence-corrected chi connectivity index (χ3v) is 5.43. The Labute approximate surface area is 187 Å². The van der Waals surface area contributed by atoms with Gasteiger partial charge in [0.05, 0.1) is 0 Å². The van der Waals surface area contributed by atoms with Crippen molar-refractivity contribution in [3.63, 3.8) is 0 Å². The highest BCUT2D eigenvalue weighted by Crippen LogP contribution is 2.27. The Morgan fingerprint density at radius 1 is 1.03 bits per heavy atom. The molecule has 1 atom stereocenters. The first-order chi connectivity index (χ1) is 14.7. The number of amides is 2. The van der Waals surface area contributed by atoms with Crippen LogP contribution >= 0.6 is 11.3 Å². The first-order valence-corrected chi connectivity index (χ1v) is 11.1. The molecule has 0 saturated carbocycles. The number of hydrogen-bond donors (Lipinski definition) is 2. The number of carbonyl (C=O) groups is 2. The number of rotatable bonds is 7. The Morgan fingerprint density at radius 2 is 1.77 bits per heavy atom. The Morgan fingerprint density at radius 3 is 2.45 bits per heavy atom. The summed E-state index contributed by atoms with van der Waals surface area (Å²) in [5.41, 5.74) is 2.89. The molecule has 0 aliphatic carbocycles. The number of nitrogens with zero attached hydrogens (tertiary/aromatic N) is 2. The molecule has 0 bridgehead atoms. The van der Waals surface area contributed by atoms with Gasteiger partial charge in [-0.15, -0.1) is 10.2 Å². The minimum absolute atomic E-state index is 0.152. The molecule has 0 fully saturated rings. The van der Waals surface area contributed by atoms with Crippen LogP contribution in [0.15, 0.2) is 54.6 Å². The molecular formula is C24H28N4O2S. The second kappa shape index (κ2) is 9.83. The van der Waals surface area contributed by atoms with Crippen molar-refractivity contribution in [2.24, 2.45) is 5.41 Å². The third-order valence-electron chi connectivity index (χ3n) is 4.55. The maximum absolute atomic E-state index is 13.0. The van der Waals surface area contributed by atoms with Crippen molar-refractivity contribution >= 4 is 28.3 Å². The standard InChI is InChI=1S/C24H28N4O2S/c1-16-9-8-12-18(13-16)22-27-28-23(31-22)26-21(30)19(14-17-10-6-5-7-11-17)25-20(29)15-24(2,3)4/h5-13,19H,14-15H2,1-4H3,(H,25,29)(H,26,28,30)/t19-/m0/s1. The summed E-state index contributed by atoms with van der Waals surface area (Å²) in [7, 11) is 0. The second-order valence-corrected chi connectivity index (χ2v) is 9.80. The van der Waals surface area contributed by atoms with Crippen molar-refractivity contribution in [2.45, 2.75) is 46.6 Å². The van der Waals surface area contributed by atoms with Crippen LogP contribution in [0.25, 0.3) is 10.6 Å². The fourth-order valence-corrected chi connectivity index (χ4v) is 3.89. The van der Waals surface area contributed by atoms with Crippen LogP contribution in [0.1, 0.15) is 38.3 Å². The number of nitrogens with one attached hydrogen (secondary N) is 2. The molecule has 3 rings (SSSR count). The Hall–Kier alpha value is -3.06. The molecule has 0 saturated heterocycles. The number of anilines is 1. The summed E-state index contributed by atoms with van der Waals surface area (Å²) in [6.45, 7) is 7.99. The van der Waals surface area contributed by atoms with Gasteiger partial charge in [0, 0.05) is 18.4 Å². The topological polar surface area (TPSA) is 84.0 Å². The molecule has 0 unspecified atom stereocenters. The van der Waals surface area contributed by atoms with E-state index in [0.29, 0.717) is 18.0 Å². The van der Waals surface area contributed by atoms with Crippen LogP contribution in [0, 0.1) is 12.3 Å². The number of benzene rings is 2. The number of aryl methyl sites for hydroxylation is 1. The molecule has 0 radical (unpaired) electrons. The van der Waals surface area contributed by atoms with Crippen LogP contribution in [-0.2, 0) is 16.0 Å². The van der Waals surface area contributed by atoms with Gasteiger partial charge in [-0.3, -0.25) is 14.9 Å². The van der Waals surface area contributed by atoms with Gasteiger partial charge in [-0.05, 0) is 24.0 Å². The third kappa shape index (κ3) is 7.00. The first-order valence-electron chi connectivity index (χ1n) is 10.2. The van der Waals surface area contributed by atoms with E-state index in [2.05, 4.69) is 20.8 Å². The number of carbonyl (C=O) groups excluding carboxylic acids is 2. The summed E-state index contributed by atoms with van der Waals surface area (Å²) in [6, 6.07) is 16.9. The Balaban J connectivity index is 1.74. The predicted molar refractivity (Wildman–Crippen MR) is 125 cm³/mol. The molecule has 3 aromatic rings. The van der Waals surface area contributed by atoms with Crippen LogP contribution in [0.3, 0.4) is 0 Å². The molecule has 0 spiro atoms. The number of aromatic nitrogens is 2. The van der Waals surface area contributed by atoms with Crippen molar-refractivity contribution in [1.29, 1.82) is 0 Å². The number of hydrogen-bond acceptors (Lipinski definition) is 5. The fourth-order valence-electron chi connectivity index (χ4n) is 3.15. The molecule has 2 aromatic carbocycles. The summed E-state index contributed by atoms with van der Waals surface area (Å²) in [5, 5.41) is 15.2. The summed E-state index contributed by atoms with van der Waals surface area (Å²) in [6.07, 6.45) is 0.730. The fraction of sp³-hybridized carbons (Fsp3) is 0.333. The molecule has 7 heteroatoms. The molecule has 1 heterocycles. The van der Waals surface area contributed by atoms with Gasteiger partial charge in [0.1, 0.15) is 11.0 Å². The highest BCUT2D eigenvalue weighted by Gasteiger charge is 2.25. The highest BCUT2D eigenvalue weighted by atomic mass is 32.1. The van der Waals surface area contributed by atoms with Crippen LogP contribution in [0.2, 0.25) is 0 Å². The lowest BCUT2D eigenvalue weighted by molar-refractivity contribution is -0.127. The first kappa shape index (κ1) is 22.6. The minimum Gasteiger partial charge on any atom is -0.344 e. The van der Waals surface area contributed by atoms with Crippen molar-refractivity contribution in [3.8, 4) is 10.6 Å². The normalized spacial score (nSPS) is 12.3. The Bertz CT molecular complexity index is 1040. The van der Waals surface area contributed by atoms with Crippen LogP contribution in [0.4, 0.5) is 5.13 Å². The molecule has 162 valence electrons. The van der Waals surface area contributed by atoms with E-state index < -0.39 is 6.04 Å². The molecule has 1 aromatic heterocycles. The van der Waals surface area contributed by atoms with Gasteiger partial charge in [-0.1, -0.05) is 86.2 Å². The van der Waals surface area contributed by atoms with Crippen molar-refractivity contribution in [2.75, 3.05) is 5.32 Å². The molecule has 31 heavy (non-hydrogen) atoms. The van der Waals surface area contributed by atoms with Gasteiger partial charge in [0.15, 0.2) is 0 Å². The van der Waals surface area contributed by atoms with Gasteiger partial charge in [-0.25, -0.2) is 0 Å². The summed E-state index contributed by atoms with van der Waals surface area (Å²) >= 11 is 1.31. The van der Waals surface area contributed by atoms with E-state index in [1.165, 1.54) is 11.3 Å². The maximum atomic E-state index is 13.0. The van der Waals surface area contributed by atoms with Crippen molar-refractivity contribution in [3.05, 3.63) is 65.7 Å². The minimum atomic E-state index is -0.705. The highest BCUT2D eigenvalue weighted by molar-refractivity contribution is 7.18. The lowest BCUT2D eigenvalue weighted by atomic mass is 9.91. The lowest BCUT2D eigenvalue weighted by Crippen LogP contribution is -2.46. The van der Waals surface area contributed by atoms with E-state index >= 15 is 0 Å². The van der Waals surface area contributed by atoms with E-state index in [-0.39, 0.29) is 17.2 Å². The van der Waals surface area contributed by atoms with Gasteiger partial charge >= 0.3 is 0 Å². The summed E-state index contributed by atoms with van der Waals surface area (Å²) in [4.78, 5) is 25.6. The second-order valence-electron chi connectivity index (χ2n) is 8.82. The summed E-state index contributed by atoms with van der Waals surface area (Å²) < 4.78 is 0. The van der Waals surface area contributed by atoms with Crippen molar-refractivity contribution < 1.29 is 9.59 Å². The molecule has 2 N–H and O–H groups in total. The van der Waals surface area contributed by atoms with Crippen LogP contribution < -0.4 is 10.6 Å². The average Bonchev–Trinajstić information content (AvgIpc) is 3.15. The van der Waals surface area contributed by atoms with Gasteiger partial charge in [-0.2, -0.15) is 0 Å². The largest absolute Gasteiger partial charge is 0.344 e. The predicted octanol–water partition coefficient (Wildman–Crippen LogP) is 4.62. The van der Waals surface area contributed by atoms with Crippen LogP contribution in [-0.4, -0.2) is 28.1 Å². The van der Waals surface area contributed by atoms with Crippen molar-refractivity contribution in [1.82, 2.24) is 15.5 Å². The monoisotopic (exact) mass is 436 g/mol. The van der Waals surface area contributed by atoms with E-state index in [9.17, 15) is 9.59 Å². The molecular weight excluding hydrogens is 408 g/mol. The maximum Gasteiger partial charge on any atom is 0.249 e. The zero-order chi connectivity index (χ0) is 22.4. The van der Waals surface area contributed by atoms with Gasteiger partial charge < -0.3 is 5.32 Å². The quantitative estimate of drug-likeness (QED) is 0.566. The van der Waals surface area contributed by atoms with Gasteiger partial charge in [0.25, 0.3) is 0 Å². The molecule has 0 aliphatic heterocycles. The smallest absolute Gasteiger partial charge is 0.249 e. The molecule has 6 nitrogen and oxygen atoms in total. The SMILES string of the molecule is Cc1cccc(-c2nnc(NC(=O)[C@H](Cc3ccccc3)NC(=O)CC(C)(C)C)s2)c1. The van der Waals surface area contributed by atoms with Crippen LogP contribution in [0.5, 0.6) is 0 Å². The zero-order valence-electron chi connectivity index (χ0n) is 18.3.